The van der Waals surface area contributed by atoms with Gasteiger partial charge in [0.1, 0.15) is 5.82 Å². The van der Waals surface area contributed by atoms with E-state index in [0.29, 0.717) is 0 Å². The number of rotatable bonds is 6. The Labute approximate surface area is 154 Å². The molecule has 2 aromatic heterocycles. The second-order valence-electron chi connectivity index (χ2n) is 5.72. The van der Waals surface area contributed by atoms with Crippen molar-refractivity contribution in [3.63, 3.8) is 0 Å². The zero-order valence-electron chi connectivity index (χ0n) is 14.2. The van der Waals surface area contributed by atoms with E-state index >= 15 is 0 Å². The lowest BCUT2D eigenvalue weighted by molar-refractivity contribution is 0.0950. The van der Waals surface area contributed by atoms with Crippen LogP contribution >= 0.6 is 0 Å². The molecule has 140 valence electrons. The Hall–Kier alpha value is -3.27. The second-order valence-corrected chi connectivity index (χ2v) is 7.41. The molecule has 1 amide bonds. The average Bonchev–Trinajstić information content (AvgIpc) is 3.05. The molecule has 3 N–H and O–H groups in total. The number of pyridine rings is 1. The van der Waals surface area contributed by atoms with Crippen molar-refractivity contribution < 1.29 is 17.6 Å². The number of amides is 1. The Kier molecular flexibility index (Phi) is 5.17. The standard InChI is InChI=1S/C17H16FN5O3S/c1-11-13(9-21-22-11)8-20-17(24)12-6-15(10-19-7-12)23-27(25,26)16-4-2-14(18)3-5-16/h2-7,9-10,23H,8H2,1H3,(H,20,24)(H,21,22). The highest BCUT2D eigenvalue weighted by Crippen LogP contribution is 2.17. The third kappa shape index (κ3) is 4.47. The molecule has 3 rings (SSSR count). The predicted molar refractivity (Wildman–Crippen MR) is 95.9 cm³/mol. The quantitative estimate of drug-likeness (QED) is 0.596. The number of carbonyl (C=O) groups excluding carboxylic acids is 1. The maximum atomic E-state index is 13.0. The number of nitrogens with zero attached hydrogens (tertiary/aromatic N) is 2. The highest BCUT2D eigenvalue weighted by atomic mass is 32.2. The summed E-state index contributed by atoms with van der Waals surface area (Å²) in [6.07, 6.45) is 4.21. The minimum absolute atomic E-state index is 0.103. The van der Waals surface area contributed by atoms with Crippen LogP contribution in [0.2, 0.25) is 0 Å². The number of benzene rings is 1. The summed E-state index contributed by atoms with van der Waals surface area (Å²) in [5, 5.41) is 9.36. The van der Waals surface area contributed by atoms with Crippen LogP contribution in [0.1, 0.15) is 21.6 Å². The lowest BCUT2D eigenvalue weighted by Gasteiger charge is -2.09. The number of anilines is 1. The van der Waals surface area contributed by atoms with E-state index in [1.807, 2.05) is 6.92 Å². The van der Waals surface area contributed by atoms with Gasteiger partial charge in [-0.2, -0.15) is 5.10 Å². The lowest BCUT2D eigenvalue weighted by atomic mass is 10.2. The van der Waals surface area contributed by atoms with Gasteiger partial charge in [-0.15, -0.1) is 0 Å². The first-order valence-electron chi connectivity index (χ1n) is 7.85. The zero-order valence-corrected chi connectivity index (χ0v) is 15.0. The Balaban J connectivity index is 1.72. The van der Waals surface area contributed by atoms with Crippen molar-refractivity contribution in [2.75, 3.05) is 4.72 Å². The van der Waals surface area contributed by atoms with Gasteiger partial charge in [0, 0.05) is 24.0 Å². The minimum atomic E-state index is -3.93. The Morgan fingerprint density at radius 2 is 1.93 bits per heavy atom. The van der Waals surface area contributed by atoms with Crippen molar-refractivity contribution in [1.29, 1.82) is 0 Å². The van der Waals surface area contributed by atoms with E-state index < -0.39 is 21.7 Å². The number of aromatic nitrogens is 3. The van der Waals surface area contributed by atoms with Crippen LogP contribution in [0.5, 0.6) is 0 Å². The normalized spacial score (nSPS) is 11.2. The van der Waals surface area contributed by atoms with Crippen LogP contribution in [-0.4, -0.2) is 29.5 Å². The molecule has 2 heterocycles. The molecular formula is C17H16FN5O3S. The molecule has 0 aliphatic carbocycles. The van der Waals surface area contributed by atoms with Crippen LogP contribution in [0.15, 0.2) is 53.8 Å². The van der Waals surface area contributed by atoms with Gasteiger partial charge in [0.2, 0.25) is 0 Å². The largest absolute Gasteiger partial charge is 0.348 e. The number of halogens is 1. The maximum Gasteiger partial charge on any atom is 0.261 e. The van der Waals surface area contributed by atoms with Gasteiger partial charge in [0.25, 0.3) is 15.9 Å². The first kappa shape index (κ1) is 18.5. The molecule has 0 saturated heterocycles. The summed E-state index contributed by atoms with van der Waals surface area (Å²) in [6.45, 7) is 2.10. The third-order valence-electron chi connectivity index (χ3n) is 3.75. The van der Waals surface area contributed by atoms with Gasteiger partial charge in [-0.1, -0.05) is 0 Å². The van der Waals surface area contributed by atoms with Crippen LogP contribution in [-0.2, 0) is 16.6 Å². The monoisotopic (exact) mass is 389 g/mol. The van der Waals surface area contributed by atoms with Crippen molar-refractivity contribution >= 4 is 21.6 Å². The van der Waals surface area contributed by atoms with E-state index in [1.165, 1.54) is 18.5 Å². The first-order valence-corrected chi connectivity index (χ1v) is 9.34. The molecule has 0 aliphatic heterocycles. The second kappa shape index (κ2) is 7.54. The van der Waals surface area contributed by atoms with Crippen LogP contribution in [0, 0.1) is 12.7 Å². The van der Waals surface area contributed by atoms with Crippen molar-refractivity contribution in [3.8, 4) is 0 Å². The van der Waals surface area contributed by atoms with Crippen LogP contribution in [0.3, 0.4) is 0 Å². The third-order valence-corrected chi connectivity index (χ3v) is 5.15. The molecule has 1 aromatic carbocycles. The van der Waals surface area contributed by atoms with E-state index in [1.54, 1.807) is 6.20 Å². The molecule has 0 unspecified atom stereocenters. The van der Waals surface area contributed by atoms with Gasteiger partial charge >= 0.3 is 0 Å². The first-order chi connectivity index (χ1) is 12.8. The molecule has 0 bridgehead atoms. The minimum Gasteiger partial charge on any atom is -0.348 e. The highest BCUT2D eigenvalue weighted by molar-refractivity contribution is 7.92. The molecule has 0 atom stereocenters. The number of carbonyl (C=O) groups is 1. The fourth-order valence-corrected chi connectivity index (χ4v) is 3.31. The fourth-order valence-electron chi connectivity index (χ4n) is 2.28. The maximum absolute atomic E-state index is 13.0. The summed E-state index contributed by atoms with van der Waals surface area (Å²) >= 11 is 0. The number of H-pyrrole nitrogens is 1. The molecule has 27 heavy (non-hydrogen) atoms. The van der Waals surface area contributed by atoms with E-state index in [-0.39, 0.29) is 22.7 Å². The molecule has 10 heteroatoms. The van der Waals surface area contributed by atoms with Crippen LogP contribution in [0.4, 0.5) is 10.1 Å². The van der Waals surface area contributed by atoms with E-state index in [4.69, 9.17) is 0 Å². The van der Waals surface area contributed by atoms with Crippen molar-refractivity contribution in [1.82, 2.24) is 20.5 Å². The van der Waals surface area contributed by atoms with Crippen molar-refractivity contribution in [2.45, 2.75) is 18.4 Å². The summed E-state index contributed by atoms with van der Waals surface area (Å²) in [5.74, 6) is -0.951. The molecule has 0 aliphatic rings. The molecule has 0 spiro atoms. The molecule has 0 fully saturated rings. The van der Waals surface area contributed by atoms with Gasteiger partial charge in [-0.05, 0) is 37.3 Å². The highest BCUT2D eigenvalue weighted by Gasteiger charge is 2.16. The van der Waals surface area contributed by atoms with E-state index in [0.717, 1.165) is 35.5 Å². The van der Waals surface area contributed by atoms with Gasteiger partial charge in [-0.3, -0.25) is 19.6 Å². The fraction of sp³-hybridized carbons (Fsp3) is 0.118. The van der Waals surface area contributed by atoms with E-state index in [9.17, 15) is 17.6 Å². The van der Waals surface area contributed by atoms with Gasteiger partial charge in [0.05, 0.1) is 28.5 Å². The molecule has 8 nitrogen and oxygen atoms in total. The SMILES string of the molecule is Cc1[nH]ncc1CNC(=O)c1cncc(NS(=O)(=O)c2ccc(F)cc2)c1. The van der Waals surface area contributed by atoms with Gasteiger partial charge in [0.15, 0.2) is 0 Å². The zero-order chi connectivity index (χ0) is 19.4. The number of nitrogens with one attached hydrogen (secondary N) is 3. The molecular weight excluding hydrogens is 373 g/mol. The molecule has 3 aromatic rings. The number of sulfonamides is 1. The van der Waals surface area contributed by atoms with Gasteiger partial charge in [-0.25, -0.2) is 12.8 Å². The summed E-state index contributed by atoms with van der Waals surface area (Å²) < 4.78 is 40.0. The summed E-state index contributed by atoms with van der Waals surface area (Å²) in [7, 11) is -3.93. The molecule has 0 radical (unpaired) electrons. The predicted octanol–water partition coefficient (Wildman–Crippen LogP) is 1.98. The smallest absolute Gasteiger partial charge is 0.261 e. The number of hydrogen-bond acceptors (Lipinski definition) is 5. The summed E-state index contributed by atoms with van der Waals surface area (Å²) in [5.41, 5.74) is 1.99. The Morgan fingerprint density at radius 3 is 2.59 bits per heavy atom. The summed E-state index contributed by atoms with van der Waals surface area (Å²) in [6, 6.07) is 5.76. The lowest BCUT2D eigenvalue weighted by Crippen LogP contribution is -2.23. The number of hydrogen-bond donors (Lipinski definition) is 3. The number of aryl methyl sites for hydroxylation is 1. The number of aromatic amines is 1. The van der Waals surface area contributed by atoms with Crippen molar-refractivity contribution in [2.24, 2.45) is 0 Å². The van der Waals surface area contributed by atoms with Crippen molar-refractivity contribution in [3.05, 3.63) is 71.6 Å². The Morgan fingerprint density at radius 1 is 1.19 bits per heavy atom. The molecule has 0 saturated carbocycles. The average molecular weight is 389 g/mol. The van der Waals surface area contributed by atoms with E-state index in [2.05, 4.69) is 25.2 Å². The van der Waals surface area contributed by atoms with Crippen LogP contribution < -0.4 is 10.0 Å². The summed E-state index contributed by atoms with van der Waals surface area (Å²) in [4.78, 5) is 16.1. The van der Waals surface area contributed by atoms with Gasteiger partial charge < -0.3 is 5.32 Å². The Bertz CT molecular complexity index is 1060. The van der Waals surface area contributed by atoms with Crippen LogP contribution in [0.25, 0.3) is 0 Å². The topological polar surface area (TPSA) is 117 Å².